The summed E-state index contributed by atoms with van der Waals surface area (Å²) in [6.07, 6.45) is 1.43. The van der Waals surface area contributed by atoms with Crippen LogP contribution in [0.1, 0.15) is 11.1 Å². The molecule has 0 spiro atoms. The van der Waals surface area contributed by atoms with Gasteiger partial charge < -0.3 is 9.67 Å². The van der Waals surface area contributed by atoms with Crippen LogP contribution in [0.4, 0.5) is 0 Å². The van der Waals surface area contributed by atoms with Crippen molar-refractivity contribution in [3.63, 3.8) is 0 Å². The molecule has 0 radical (unpaired) electrons. The second kappa shape index (κ2) is 6.26. The van der Waals surface area contributed by atoms with Gasteiger partial charge >= 0.3 is 0 Å². The molecule has 2 aromatic carbocycles. The Labute approximate surface area is 138 Å². The van der Waals surface area contributed by atoms with E-state index in [-0.39, 0.29) is 16.9 Å². The van der Waals surface area contributed by atoms with Crippen molar-refractivity contribution in [1.29, 1.82) is 0 Å². The number of halogens is 1. The number of aromatic nitrogens is 1. The van der Waals surface area contributed by atoms with E-state index in [1.807, 2.05) is 24.3 Å². The highest BCUT2D eigenvalue weighted by atomic mass is 35.5. The van der Waals surface area contributed by atoms with Gasteiger partial charge in [-0.1, -0.05) is 35.9 Å². The minimum absolute atomic E-state index is 0.0384. The number of aromatic hydroxyl groups is 1. The summed E-state index contributed by atoms with van der Waals surface area (Å²) in [6.45, 7) is 0.409. The number of para-hydroxylation sites is 1. The number of rotatable bonds is 3. The average Bonchev–Trinajstić information content (AvgIpc) is 2.57. The van der Waals surface area contributed by atoms with E-state index in [1.165, 1.54) is 10.8 Å². The minimum Gasteiger partial charge on any atom is -0.506 e. The minimum atomic E-state index is -0.277. The van der Waals surface area contributed by atoms with Gasteiger partial charge in [0.2, 0.25) is 0 Å². The van der Waals surface area contributed by atoms with Gasteiger partial charge in [-0.25, -0.2) is 0 Å². The summed E-state index contributed by atoms with van der Waals surface area (Å²) in [4.78, 5) is 16.7. The first-order valence-electron chi connectivity index (χ1n) is 7.13. The first-order chi connectivity index (χ1) is 11.1. The van der Waals surface area contributed by atoms with E-state index in [0.29, 0.717) is 22.5 Å². The molecule has 116 valence electrons. The molecule has 3 rings (SSSR count). The Bertz CT molecular complexity index is 944. The summed E-state index contributed by atoms with van der Waals surface area (Å²) in [5, 5.41) is 11.7. The third-order valence-electron chi connectivity index (χ3n) is 3.72. The summed E-state index contributed by atoms with van der Waals surface area (Å²) in [5.74, 6) is -0.0384. The average molecular weight is 327 g/mol. The number of pyridine rings is 1. The van der Waals surface area contributed by atoms with Crippen molar-refractivity contribution in [2.75, 3.05) is 0 Å². The van der Waals surface area contributed by atoms with E-state index in [0.717, 1.165) is 5.56 Å². The molecule has 1 heterocycles. The molecule has 0 amide bonds. The molecule has 0 saturated carbocycles. The predicted molar refractivity (Wildman–Crippen MR) is 93.6 cm³/mol. The van der Waals surface area contributed by atoms with E-state index < -0.39 is 0 Å². The van der Waals surface area contributed by atoms with Crippen LogP contribution in [0.2, 0.25) is 5.02 Å². The molecule has 23 heavy (non-hydrogen) atoms. The molecule has 5 heteroatoms. The lowest BCUT2D eigenvalue weighted by Crippen LogP contribution is -2.21. The lowest BCUT2D eigenvalue weighted by molar-refractivity contribution is 0.478. The summed E-state index contributed by atoms with van der Waals surface area (Å²) in [5.41, 5.74) is 1.58. The van der Waals surface area contributed by atoms with Crippen LogP contribution in [0.25, 0.3) is 10.9 Å². The quantitative estimate of drug-likeness (QED) is 0.749. The topological polar surface area (TPSA) is 54.6 Å². The van der Waals surface area contributed by atoms with E-state index in [1.54, 1.807) is 31.3 Å². The van der Waals surface area contributed by atoms with Crippen molar-refractivity contribution in [3.05, 3.63) is 75.0 Å². The summed E-state index contributed by atoms with van der Waals surface area (Å²) < 4.78 is 1.51. The number of aryl methyl sites for hydroxylation is 1. The standard InChI is InChI=1S/C18H15ClN2O2/c1-21-16-5-3-2-4-14(16)17(22)15(18(21)23)11-20-10-12-6-8-13(19)9-7-12/h2-9,11,22H,10H2,1H3. The largest absolute Gasteiger partial charge is 0.506 e. The van der Waals surface area contributed by atoms with E-state index in [9.17, 15) is 9.90 Å². The summed E-state index contributed by atoms with van der Waals surface area (Å²) >= 11 is 5.84. The molecule has 0 saturated heterocycles. The van der Waals surface area contributed by atoms with Crippen LogP contribution in [-0.4, -0.2) is 15.9 Å². The Kier molecular flexibility index (Phi) is 4.17. The molecular formula is C18H15ClN2O2. The maximum atomic E-state index is 12.4. The van der Waals surface area contributed by atoms with Crippen LogP contribution < -0.4 is 5.56 Å². The fourth-order valence-corrected chi connectivity index (χ4v) is 2.58. The fraction of sp³-hybridized carbons (Fsp3) is 0.111. The Morgan fingerprint density at radius 3 is 2.61 bits per heavy atom. The number of nitrogens with zero attached hydrogens (tertiary/aromatic N) is 2. The third kappa shape index (κ3) is 2.98. The maximum absolute atomic E-state index is 12.4. The van der Waals surface area contributed by atoms with Gasteiger partial charge in [0.1, 0.15) is 11.3 Å². The predicted octanol–water partition coefficient (Wildman–Crippen LogP) is 3.52. The zero-order chi connectivity index (χ0) is 16.4. The Morgan fingerprint density at radius 2 is 1.87 bits per heavy atom. The van der Waals surface area contributed by atoms with Crippen molar-refractivity contribution >= 4 is 28.7 Å². The molecule has 3 aromatic rings. The third-order valence-corrected chi connectivity index (χ3v) is 3.97. The second-order valence-corrected chi connectivity index (χ2v) is 5.68. The Morgan fingerprint density at radius 1 is 1.17 bits per heavy atom. The second-order valence-electron chi connectivity index (χ2n) is 5.24. The van der Waals surface area contributed by atoms with Crippen molar-refractivity contribution in [2.24, 2.45) is 12.0 Å². The van der Waals surface area contributed by atoms with Gasteiger partial charge in [-0.3, -0.25) is 9.79 Å². The van der Waals surface area contributed by atoms with E-state index in [4.69, 9.17) is 11.6 Å². The molecule has 0 aliphatic carbocycles. The van der Waals surface area contributed by atoms with Gasteiger partial charge in [0.25, 0.3) is 5.56 Å². The van der Waals surface area contributed by atoms with Gasteiger partial charge in [0, 0.05) is 23.7 Å². The SMILES string of the molecule is Cn1c(=O)c(C=NCc2ccc(Cl)cc2)c(O)c2ccccc21. The van der Waals surface area contributed by atoms with Gasteiger partial charge in [0.05, 0.1) is 12.1 Å². The van der Waals surface area contributed by atoms with Gasteiger partial charge in [-0.05, 0) is 29.8 Å². The maximum Gasteiger partial charge on any atom is 0.263 e. The van der Waals surface area contributed by atoms with Crippen molar-refractivity contribution in [1.82, 2.24) is 4.57 Å². The molecule has 0 fully saturated rings. The number of hydrogen-bond acceptors (Lipinski definition) is 3. The zero-order valence-electron chi connectivity index (χ0n) is 12.5. The summed E-state index contributed by atoms with van der Waals surface area (Å²) in [7, 11) is 1.68. The van der Waals surface area contributed by atoms with E-state index >= 15 is 0 Å². The monoisotopic (exact) mass is 326 g/mol. The van der Waals surface area contributed by atoms with Gasteiger partial charge in [0.15, 0.2) is 0 Å². The van der Waals surface area contributed by atoms with Crippen molar-refractivity contribution in [3.8, 4) is 5.75 Å². The molecule has 0 unspecified atom stereocenters. The summed E-state index contributed by atoms with van der Waals surface area (Å²) in [6, 6.07) is 14.6. The van der Waals surface area contributed by atoms with E-state index in [2.05, 4.69) is 4.99 Å². The van der Waals surface area contributed by atoms with Gasteiger partial charge in [-0.2, -0.15) is 0 Å². The molecule has 1 N–H and O–H groups in total. The molecular weight excluding hydrogens is 312 g/mol. The van der Waals surface area contributed by atoms with Crippen molar-refractivity contribution in [2.45, 2.75) is 6.54 Å². The van der Waals surface area contributed by atoms with Crippen LogP contribution in [0.3, 0.4) is 0 Å². The Hall–Kier alpha value is -2.59. The lowest BCUT2D eigenvalue weighted by atomic mass is 10.1. The fourth-order valence-electron chi connectivity index (χ4n) is 2.45. The molecule has 0 aliphatic rings. The molecule has 1 aromatic heterocycles. The smallest absolute Gasteiger partial charge is 0.263 e. The first-order valence-corrected chi connectivity index (χ1v) is 7.50. The number of fused-ring (bicyclic) bond motifs is 1. The molecule has 0 aliphatic heterocycles. The molecule has 0 atom stereocenters. The Balaban J connectivity index is 1.98. The highest BCUT2D eigenvalue weighted by Gasteiger charge is 2.12. The van der Waals surface area contributed by atoms with Gasteiger partial charge in [-0.15, -0.1) is 0 Å². The number of aliphatic imine (C=N–C) groups is 1. The highest BCUT2D eigenvalue weighted by Crippen LogP contribution is 2.24. The normalized spacial score (nSPS) is 11.4. The highest BCUT2D eigenvalue weighted by molar-refractivity contribution is 6.30. The van der Waals surface area contributed by atoms with Crippen LogP contribution in [-0.2, 0) is 13.6 Å². The molecule has 4 nitrogen and oxygen atoms in total. The van der Waals surface area contributed by atoms with Crippen LogP contribution in [0, 0.1) is 0 Å². The van der Waals surface area contributed by atoms with Crippen LogP contribution in [0.15, 0.2) is 58.3 Å². The van der Waals surface area contributed by atoms with Crippen molar-refractivity contribution < 1.29 is 5.11 Å². The first kappa shape index (κ1) is 15.3. The zero-order valence-corrected chi connectivity index (χ0v) is 13.3. The molecule has 0 bridgehead atoms. The lowest BCUT2D eigenvalue weighted by Gasteiger charge is -2.09. The van der Waals surface area contributed by atoms with Crippen LogP contribution in [0.5, 0.6) is 5.75 Å². The van der Waals surface area contributed by atoms with Crippen LogP contribution >= 0.6 is 11.6 Å². The number of benzene rings is 2. The number of hydrogen-bond donors (Lipinski definition) is 1.